The van der Waals surface area contributed by atoms with Gasteiger partial charge in [0, 0.05) is 18.9 Å². The van der Waals surface area contributed by atoms with Crippen molar-refractivity contribution in [3.8, 4) is 0 Å². The highest BCUT2D eigenvalue weighted by atomic mass is 32.2. The SMILES string of the molecule is CC(C)SCC(=O)NCC(=O)NCCC(=O)C(C)C. The molecule has 0 aliphatic heterocycles. The van der Waals surface area contributed by atoms with Gasteiger partial charge in [-0.3, -0.25) is 14.4 Å². The molecule has 6 heteroatoms. The van der Waals surface area contributed by atoms with E-state index in [-0.39, 0.29) is 30.1 Å². The van der Waals surface area contributed by atoms with Crippen molar-refractivity contribution >= 4 is 29.4 Å². The van der Waals surface area contributed by atoms with Gasteiger partial charge >= 0.3 is 0 Å². The zero-order chi connectivity index (χ0) is 14.8. The third-order valence-electron chi connectivity index (χ3n) is 2.33. The molecule has 0 aromatic carbocycles. The smallest absolute Gasteiger partial charge is 0.239 e. The van der Waals surface area contributed by atoms with Crippen LogP contribution in [0.15, 0.2) is 0 Å². The number of ketones is 1. The standard InChI is InChI=1S/C13H24N2O3S/c1-9(2)11(16)5-6-14-12(17)7-15-13(18)8-19-10(3)4/h9-10H,5-8H2,1-4H3,(H,14,17)(H,15,18). The zero-order valence-electron chi connectivity index (χ0n) is 12.1. The molecule has 2 amide bonds. The van der Waals surface area contributed by atoms with E-state index in [0.29, 0.717) is 24.0 Å². The Hall–Kier alpha value is -1.04. The molecule has 0 aliphatic rings. The number of rotatable bonds is 9. The number of thioether (sulfide) groups is 1. The van der Waals surface area contributed by atoms with Gasteiger partial charge in [0.2, 0.25) is 11.8 Å². The van der Waals surface area contributed by atoms with E-state index < -0.39 is 0 Å². The molecule has 0 atom stereocenters. The van der Waals surface area contributed by atoms with E-state index in [4.69, 9.17) is 0 Å². The Labute approximate surface area is 119 Å². The molecule has 0 saturated carbocycles. The van der Waals surface area contributed by atoms with Crippen molar-refractivity contribution in [2.75, 3.05) is 18.8 Å². The second-order valence-corrected chi connectivity index (χ2v) is 6.42. The quantitative estimate of drug-likeness (QED) is 0.663. The third kappa shape index (κ3) is 10.6. The molecule has 0 aromatic rings. The van der Waals surface area contributed by atoms with Crippen LogP contribution in [0.25, 0.3) is 0 Å². The zero-order valence-corrected chi connectivity index (χ0v) is 12.9. The van der Waals surface area contributed by atoms with Gasteiger partial charge in [0.25, 0.3) is 0 Å². The molecule has 0 spiro atoms. The van der Waals surface area contributed by atoms with Crippen LogP contribution in [0.1, 0.15) is 34.1 Å². The lowest BCUT2D eigenvalue weighted by Gasteiger charge is -2.08. The molecule has 0 fully saturated rings. The minimum atomic E-state index is -0.264. The largest absolute Gasteiger partial charge is 0.354 e. The predicted octanol–water partition coefficient (Wildman–Crippen LogP) is 0.976. The van der Waals surface area contributed by atoms with Gasteiger partial charge in [-0.2, -0.15) is 0 Å². The van der Waals surface area contributed by atoms with Crippen LogP contribution in [0, 0.1) is 5.92 Å². The number of carbonyl (C=O) groups excluding carboxylic acids is 3. The summed E-state index contributed by atoms with van der Waals surface area (Å²) in [6.45, 7) is 7.97. The van der Waals surface area contributed by atoms with E-state index in [1.165, 1.54) is 11.8 Å². The number of carbonyl (C=O) groups is 3. The van der Waals surface area contributed by atoms with E-state index in [1.54, 1.807) is 0 Å². The van der Waals surface area contributed by atoms with Gasteiger partial charge in [0.15, 0.2) is 0 Å². The summed E-state index contributed by atoms with van der Waals surface area (Å²) in [6.07, 6.45) is 0.334. The Kier molecular flexibility index (Phi) is 9.30. The van der Waals surface area contributed by atoms with Gasteiger partial charge in [-0.15, -0.1) is 11.8 Å². The average molecular weight is 288 g/mol. The Balaban J connectivity index is 3.64. The molecule has 5 nitrogen and oxygen atoms in total. The minimum absolute atomic E-state index is 0.00957. The summed E-state index contributed by atoms with van der Waals surface area (Å²) in [5, 5.41) is 5.54. The molecule has 110 valence electrons. The molecule has 2 N–H and O–H groups in total. The predicted molar refractivity (Wildman–Crippen MR) is 78.1 cm³/mol. The molecule has 0 saturated heterocycles. The van der Waals surface area contributed by atoms with Crippen molar-refractivity contribution < 1.29 is 14.4 Å². The van der Waals surface area contributed by atoms with Crippen LogP contribution in [-0.4, -0.2) is 41.7 Å². The summed E-state index contributed by atoms with van der Waals surface area (Å²) >= 11 is 1.53. The Morgan fingerprint density at radius 3 is 2.16 bits per heavy atom. The normalized spacial score (nSPS) is 10.6. The summed E-state index contributed by atoms with van der Waals surface area (Å²) in [5.41, 5.74) is 0. The molecule has 0 radical (unpaired) electrons. The van der Waals surface area contributed by atoms with Gasteiger partial charge in [0.1, 0.15) is 5.78 Å². The maximum atomic E-state index is 11.4. The summed E-state index contributed by atoms with van der Waals surface area (Å²) in [7, 11) is 0. The van der Waals surface area contributed by atoms with Crippen molar-refractivity contribution in [3.63, 3.8) is 0 Å². The van der Waals surface area contributed by atoms with Crippen molar-refractivity contribution in [1.82, 2.24) is 10.6 Å². The Morgan fingerprint density at radius 2 is 1.63 bits per heavy atom. The molecule has 0 aliphatic carbocycles. The number of amides is 2. The summed E-state index contributed by atoms with van der Waals surface area (Å²) in [4.78, 5) is 34.1. The highest BCUT2D eigenvalue weighted by Gasteiger charge is 2.09. The highest BCUT2D eigenvalue weighted by molar-refractivity contribution is 8.00. The van der Waals surface area contributed by atoms with Gasteiger partial charge < -0.3 is 10.6 Å². The number of Topliss-reactive ketones (excluding diaryl/α,β-unsaturated/α-hetero) is 1. The maximum absolute atomic E-state index is 11.4. The van der Waals surface area contributed by atoms with Crippen LogP contribution in [0.2, 0.25) is 0 Å². The second kappa shape index (κ2) is 9.83. The van der Waals surface area contributed by atoms with E-state index >= 15 is 0 Å². The molecule has 0 unspecified atom stereocenters. The molecular weight excluding hydrogens is 264 g/mol. The first-order valence-electron chi connectivity index (χ1n) is 6.50. The highest BCUT2D eigenvalue weighted by Crippen LogP contribution is 2.07. The molecule has 0 rings (SSSR count). The molecule has 0 aromatic heterocycles. The van der Waals surface area contributed by atoms with Crippen LogP contribution in [0.4, 0.5) is 0 Å². The van der Waals surface area contributed by atoms with Gasteiger partial charge in [-0.25, -0.2) is 0 Å². The third-order valence-corrected chi connectivity index (χ3v) is 3.43. The van der Waals surface area contributed by atoms with Crippen LogP contribution in [-0.2, 0) is 14.4 Å². The Bertz CT molecular complexity index is 317. The van der Waals surface area contributed by atoms with Gasteiger partial charge in [-0.05, 0) is 5.25 Å². The minimum Gasteiger partial charge on any atom is -0.354 e. The van der Waals surface area contributed by atoms with E-state index in [9.17, 15) is 14.4 Å². The van der Waals surface area contributed by atoms with Crippen LogP contribution >= 0.6 is 11.8 Å². The summed E-state index contributed by atoms with van der Waals surface area (Å²) < 4.78 is 0. The fourth-order valence-electron chi connectivity index (χ4n) is 1.15. The fourth-order valence-corrected chi connectivity index (χ4v) is 1.74. The number of nitrogens with one attached hydrogen (secondary N) is 2. The second-order valence-electron chi connectivity index (χ2n) is 4.86. The van der Waals surface area contributed by atoms with Crippen molar-refractivity contribution in [3.05, 3.63) is 0 Å². The Morgan fingerprint density at radius 1 is 1.00 bits per heavy atom. The van der Waals surface area contributed by atoms with Crippen LogP contribution in [0.5, 0.6) is 0 Å². The monoisotopic (exact) mass is 288 g/mol. The molecule has 19 heavy (non-hydrogen) atoms. The topological polar surface area (TPSA) is 75.3 Å². The average Bonchev–Trinajstić information content (AvgIpc) is 2.33. The van der Waals surface area contributed by atoms with Crippen molar-refractivity contribution in [2.45, 2.75) is 39.4 Å². The summed E-state index contributed by atoms with van der Waals surface area (Å²) in [5.74, 6) is 0.0606. The lowest BCUT2D eigenvalue weighted by Crippen LogP contribution is -2.38. The number of hydrogen-bond acceptors (Lipinski definition) is 4. The van der Waals surface area contributed by atoms with Gasteiger partial charge in [-0.1, -0.05) is 27.7 Å². The first-order valence-corrected chi connectivity index (χ1v) is 7.55. The van der Waals surface area contributed by atoms with E-state index in [1.807, 2.05) is 27.7 Å². The van der Waals surface area contributed by atoms with Crippen molar-refractivity contribution in [2.24, 2.45) is 5.92 Å². The van der Waals surface area contributed by atoms with Crippen molar-refractivity contribution in [1.29, 1.82) is 0 Å². The van der Waals surface area contributed by atoms with E-state index in [2.05, 4.69) is 10.6 Å². The number of hydrogen-bond donors (Lipinski definition) is 2. The van der Waals surface area contributed by atoms with Crippen LogP contribution in [0.3, 0.4) is 0 Å². The lowest BCUT2D eigenvalue weighted by molar-refractivity contribution is -0.125. The first-order chi connectivity index (χ1) is 8.82. The molecule has 0 bridgehead atoms. The van der Waals surface area contributed by atoms with Gasteiger partial charge in [0.05, 0.1) is 12.3 Å². The lowest BCUT2D eigenvalue weighted by atomic mass is 10.1. The molecular formula is C13H24N2O3S. The maximum Gasteiger partial charge on any atom is 0.239 e. The fraction of sp³-hybridized carbons (Fsp3) is 0.769. The molecule has 0 heterocycles. The van der Waals surface area contributed by atoms with Crippen LogP contribution < -0.4 is 10.6 Å². The van der Waals surface area contributed by atoms with E-state index in [0.717, 1.165) is 0 Å². The summed E-state index contributed by atoms with van der Waals surface area (Å²) in [6, 6.07) is 0. The first kappa shape index (κ1) is 18.0.